The molecule has 240 valence electrons. The lowest BCUT2D eigenvalue weighted by Crippen LogP contribution is -1.98. The molecular formula is C37H68O3S. The van der Waals surface area contributed by atoms with E-state index in [0.717, 1.165) is 18.4 Å². The molecule has 0 atom stereocenters. The van der Waals surface area contributed by atoms with Crippen LogP contribution in [0.25, 0.3) is 0 Å². The molecule has 1 aromatic carbocycles. The van der Waals surface area contributed by atoms with Crippen LogP contribution in [0.3, 0.4) is 0 Å². The Morgan fingerprint density at radius 2 is 0.659 bits per heavy atom. The molecule has 0 spiro atoms. The van der Waals surface area contributed by atoms with E-state index in [9.17, 15) is 8.42 Å². The summed E-state index contributed by atoms with van der Waals surface area (Å²) in [6.45, 7) is 2.30. The van der Waals surface area contributed by atoms with E-state index in [2.05, 4.69) is 6.92 Å². The Hall–Kier alpha value is -0.870. The fourth-order valence-corrected chi connectivity index (χ4v) is 6.48. The lowest BCUT2D eigenvalue weighted by atomic mass is 10.0. The van der Waals surface area contributed by atoms with E-state index < -0.39 is 10.1 Å². The third kappa shape index (κ3) is 25.4. The van der Waals surface area contributed by atoms with Crippen molar-refractivity contribution in [1.82, 2.24) is 0 Å². The maximum absolute atomic E-state index is 11.1. The summed E-state index contributed by atoms with van der Waals surface area (Å²) in [6, 6.07) is 6.61. The minimum Gasteiger partial charge on any atom is -0.282 e. The molecule has 0 saturated heterocycles. The normalized spacial score (nSPS) is 11.9. The first-order valence-corrected chi connectivity index (χ1v) is 19.5. The first kappa shape index (κ1) is 38.2. The molecule has 0 aliphatic heterocycles. The molecule has 1 aromatic rings. The maximum Gasteiger partial charge on any atom is 0.294 e. The van der Waals surface area contributed by atoms with Gasteiger partial charge in [0.25, 0.3) is 10.1 Å². The zero-order valence-electron chi connectivity index (χ0n) is 27.2. The minimum absolute atomic E-state index is 0.0215. The zero-order valence-corrected chi connectivity index (χ0v) is 28.0. The molecule has 3 nitrogen and oxygen atoms in total. The van der Waals surface area contributed by atoms with Crippen LogP contribution in [0.1, 0.15) is 199 Å². The van der Waals surface area contributed by atoms with Gasteiger partial charge in [0.15, 0.2) is 0 Å². The number of unbranched alkanes of at least 4 members (excludes halogenated alkanes) is 28. The van der Waals surface area contributed by atoms with Crippen molar-refractivity contribution in [2.45, 2.75) is 204 Å². The second-order valence-corrected chi connectivity index (χ2v) is 14.2. The quantitative estimate of drug-likeness (QED) is 0.0689. The highest BCUT2D eigenvalue weighted by molar-refractivity contribution is 7.85. The average Bonchev–Trinajstić information content (AvgIpc) is 2.96. The number of hydrogen-bond donors (Lipinski definition) is 1. The van der Waals surface area contributed by atoms with E-state index in [-0.39, 0.29) is 4.90 Å². The van der Waals surface area contributed by atoms with Gasteiger partial charge in [-0.2, -0.15) is 8.42 Å². The monoisotopic (exact) mass is 592 g/mol. The summed E-state index contributed by atoms with van der Waals surface area (Å²) in [5, 5.41) is 0. The molecule has 1 N–H and O–H groups in total. The highest BCUT2D eigenvalue weighted by Crippen LogP contribution is 2.17. The molecule has 0 radical (unpaired) electrons. The largest absolute Gasteiger partial charge is 0.294 e. The van der Waals surface area contributed by atoms with E-state index in [4.69, 9.17) is 4.55 Å². The Morgan fingerprint density at radius 1 is 0.415 bits per heavy atom. The van der Waals surface area contributed by atoms with Crippen molar-refractivity contribution in [2.24, 2.45) is 0 Å². The molecule has 1 rings (SSSR count). The van der Waals surface area contributed by atoms with Crippen molar-refractivity contribution in [3.63, 3.8) is 0 Å². The highest BCUT2D eigenvalue weighted by atomic mass is 32.2. The van der Waals surface area contributed by atoms with Crippen molar-refractivity contribution in [1.29, 1.82) is 0 Å². The zero-order chi connectivity index (χ0) is 29.7. The lowest BCUT2D eigenvalue weighted by molar-refractivity contribution is 0.483. The van der Waals surface area contributed by atoms with Gasteiger partial charge in [-0.1, -0.05) is 199 Å². The van der Waals surface area contributed by atoms with Gasteiger partial charge in [0.05, 0.1) is 4.90 Å². The van der Waals surface area contributed by atoms with Crippen LogP contribution in [0.4, 0.5) is 0 Å². The highest BCUT2D eigenvalue weighted by Gasteiger charge is 2.08. The smallest absolute Gasteiger partial charge is 0.282 e. The summed E-state index contributed by atoms with van der Waals surface area (Å²) in [7, 11) is -4.08. The van der Waals surface area contributed by atoms with E-state index in [1.54, 1.807) is 0 Å². The Morgan fingerprint density at radius 3 is 0.902 bits per heavy atom. The lowest BCUT2D eigenvalue weighted by Gasteiger charge is -2.05. The van der Waals surface area contributed by atoms with E-state index in [1.807, 2.05) is 12.1 Å². The van der Waals surface area contributed by atoms with Gasteiger partial charge in [-0.25, -0.2) is 0 Å². The summed E-state index contributed by atoms with van der Waals surface area (Å²) in [5.41, 5.74) is 1.14. The van der Waals surface area contributed by atoms with Crippen LogP contribution in [0.15, 0.2) is 29.2 Å². The summed E-state index contributed by atoms with van der Waals surface area (Å²) >= 11 is 0. The number of benzene rings is 1. The molecule has 0 heterocycles. The average molecular weight is 593 g/mol. The molecule has 41 heavy (non-hydrogen) atoms. The van der Waals surface area contributed by atoms with Crippen LogP contribution < -0.4 is 0 Å². The van der Waals surface area contributed by atoms with Gasteiger partial charge in [0.1, 0.15) is 0 Å². The van der Waals surface area contributed by atoms with Crippen LogP contribution in [-0.2, 0) is 16.5 Å². The summed E-state index contributed by atoms with van der Waals surface area (Å²) in [5.74, 6) is 0. The number of hydrogen-bond acceptors (Lipinski definition) is 2. The summed E-state index contributed by atoms with van der Waals surface area (Å²) in [6.07, 6.45) is 42.1. The molecule has 0 unspecified atom stereocenters. The summed E-state index contributed by atoms with van der Waals surface area (Å²) < 4.78 is 31.2. The van der Waals surface area contributed by atoms with Gasteiger partial charge in [-0.3, -0.25) is 4.55 Å². The SMILES string of the molecule is CCCCCCCCCCCCCCCCCCCCCCCCCCCCCCCc1ccc(S(=O)(=O)O)cc1. The van der Waals surface area contributed by atoms with Crippen molar-refractivity contribution < 1.29 is 13.0 Å². The maximum atomic E-state index is 11.1. The molecule has 0 fully saturated rings. The predicted octanol–water partition coefficient (Wildman–Crippen LogP) is 12.8. The first-order chi connectivity index (χ1) is 20.0. The molecular weight excluding hydrogens is 524 g/mol. The molecule has 0 aromatic heterocycles. The summed E-state index contributed by atoms with van der Waals surface area (Å²) in [4.78, 5) is -0.0215. The van der Waals surface area contributed by atoms with Gasteiger partial charge >= 0.3 is 0 Å². The third-order valence-corrected chi connectivity index (χ3v) is 9.66. The van der Waals surface area contributed by atoms with Crippen molar-refractivity contribution in [3.8, 4) is 0 Å². The van der Waals surface area contributed by atoms with Gasteiger partial charge in [-0.15, -0.1) is 0 Å². The number of aryl methyl sites for hydroxylation is 1. The molecule has 4 heteroatoms. The molecule has 0 aliphatic rings. The van der Waals surface area contributed by atoms with Gasteiger partial charge in [0.2, 0.25) is 0 Å². The molecule has 0 aliphatic carbocycles. The van der Waals surface area contributed by atoms with E-state index in [1.165, 1.54) is 192 Å². The van der Waals surface area contributed by atoms with E-state index >= 15 is 0 Å². The van der Waals surface area contributed by atoms with Gasteiger partial charge in [0, 0.05) is 0 Å². The standard InChI is InChI=1S/C37H68O3S/c1-2-3-4-5-6-7-8-9-10-11-12-13-14-15-16-17-18-19-20-21-22-23-24-25-26-27-28-29-30-31-36-32-34-37(35-33-36)41(38,39)40/h32-35H,2-31H2,1H3,(H,38,39,40). The Labute approximate surface area is 256 Å². The fraction of sp³-hybridized carbons (Fsp3) is 0.838. The van der Waals surface area contributed by atoms with Crippen LogP contribution in [0.2, 0.25) is 0 Å². The van der Waals surface area contributed by atoms with E-state index in [0.29, 0.717) is 0 Å². The van der Waals surface area contributed by atoms with Crippen molar-refractivity contribution in [3.05, 3.63) is 29.8 Å². The second-order valence-electron chi connectivity index (χ2n) is 12.8. The van der Waals surface area contributed by atoms with Crippen molar-refractivity contribution >= 4 is 10.1 Å². The Kier molecular flexibility index (Phi) is 26.0. The topological polar surface area (TPSA) is 54.4 Å². The molecule has 0 saturated carbocycles. The van der Waals surface area contributed by atoms with Gasteiger partial charge < -0.3 is 0 Å². The van der Waals surface area contributed by atoms with Gasteiger partial charge in [-0.05, 0) is 30.5 Å². The third-order valence-electron chi connectivity index (χ3n) is 8.79. The minimum atomic E-state index is -4.08. The second kappa shape index (κ2) is 27.9. The molecule has 0 bridgehead atoms. The molecule has 0 amide bonds. The number of rotatable bonds is 31. The first-order valence-electron chi connectivity index (χ1n) is 18.1. The van der Waals surface area contributed by atoms with Crippen LogP contribution in [0.5, 0.6) is 0 Å². The Balaban J connectivity index is 1.70. The van der Waals surface area contributed by atoms with Crippen LogP contribution >= 0.6 is 0 Å². The fourth-order valence-electron chi connectivity index (χ4n) is 6.00. The van der Waals surface area contributed by atoms with Crippen LogP contribution in [0, 0.1) is 0 Å². The predicted molar refractivity (Wildman–Crippen MR) is 180 cm³/mol. The Bertz CT molecular complexity index is 772. The van der Waals surface area contributed by atoms with Crippen LogP contribution in [-0.4, -0.2) is 13.0 Å². The van der Waals surface area contributed by atoms with Crippen molar-refractivity contribution in [2.75, 3.05) is 0 Å².